The molecule has 0 radical (unpaired) electrons. The number of nitrogens with zero attached hydrogens (tertiary/aromatic N) is 2. The number of sulfonamides is 1. The van der Waals surface area contributed by atoms with Gasteiger partial charge in [0.25, 0.3) is 0 Å². The number of benzene rings is 1. The van der Waals surface area contributed by atoms with E-state index in [1.165, 1.54) is 35.9 Å². The molecule has 1 aromatic carbocycles. The third kappa shape index (κ3) is 4.91. The highest BCUT2D eigenvalue weighted by Gasteiger charge is 2.35. The van der Waals surface area contributed by atoms with Gasteiger partial charge in [-0.2, -0.15) is 4.31 Å². The highest BCUT2D eigenvalue weighted by molar-refractivity contribution is 7.89. The first-order valence-corrected chi connectivity index (χ1v) is 11.5. The second-order valence-corrected chi connectivity index (χ2v) is 9.13. The normalized spacial score (nSPS) is 16.7. The fourth-order valence-corrected chi connectivity index (χ4v) is 5.07. The molecule has 1 aliphatic heterocycles. The summed E-state index contributed by atoms with van der Waals surface area (Å²) in [5.41, 5.74) is 0.248. The van der Waals surface area contributed by atoms with Crippen LogP contribution in [0.2, 0.25) is 0 Å². The Kier molecular flexibility index (Phi) is 7.01. The van der Waals surface area contributed by atoms with Gasteiger partial charge in [0.2, 0.25) is 21.8 Å². The molecule has 1 N–H and O–H groups in total. The molecule has 10 heteroatoms. The number of hydrogen-bond donors (Lipinski definition) is 1. The lowest BCUT2D eigenvalue weighted by atomic mass is 10.1. The molecule has 2 amide bonds. The van der Waals surface area contributed by atoms with E-state index in [9.17, 15) is 18.0 Å². The highest BCUT2D eigenvalue weighted by Crippen LogP contribution is 2.30. The van der Waals surface area contributed by atoms with Crippen molar-refractivity contribution < 1.29 is 27.2 Å². The molecule has 2 heterocycles. The molecule has 31 heavy (non-hydrogen) atoms. The second kappa shape index (κ2) is 9.52. The Morgan fingerprint density at radius 2 is 2.03 bits per heavy atom. The first-order chi connectivity index (χ1) is 14.8. The number of ether oxygens (including phenoxy) is 1. The number of likely N-dealkylation sites (tertiary alicyclic amines) is 1. The van der Waals surface area contributed by atoms with Gasteiger partial charge in [-0.25, -0.2) is 8.42 Å². The second-order valence-electron chi connectivity index (χ2n) is 7.20. The smallest absolute Gasteiger partial charge is 0.243 e. The third-order valence-corrected chi connectivity index (χ3v) is 7.33. The summed E-state index contributed by atoms with van der Waals surface area (Å²) in [6.45, 7) is 4.75. The summed E-state index contributed by atoms with van der Waals surface area (Å²) in [5.74, 6) is -0.0865. The standard InChI is InChI=1S/C21H27N3O6S/c1-4-24(5-2)31(27,28)17-8-9-19(29-3)18(12-17)22-21(26)15-11-20(25)23(13-15)14-16-7-6-10-30-16/h6-10,12,15H,4-5,11,13-14H2,1-3H3,(H,22,26). The fourth-order valence-electron chi connectivity index (χ4n) is 3.58. The zero-order valence-corrected chi connectivity index (χ0v) is 18.6. The summed E-state index contributed by atoms with van der Waals surface area (Å²) >= 11 is 0. The van der Waals surface area contributed by atoms with Gasteiger partial charge in [-0.05, 0) is 30.3 Å². The van der Waals surface area contributed by atoms with Crippen LogP contribution in [0.4, 0.5) is 5.69 Å². The topological polar surface area (TPSA) is 109 Å². The average Bonchev–Trinajstić information content (AvgIpc) is 3.39. The summed E-state index contributed by atoms with van der Waals surface area (Å²) in [6, 6.07) is 7.86. The summed E-state index contributed by atoms with van der Waals surface area (Å²) in [6.07, 6.45) is 1.61. The Hall–Kier alpha value is -2.85. The Balaban J connectivity index is 1.77. The van der Waals surface area contributed by atoms with Gasteiger partial charge in [0.05, 0.1) is 36.4 Å². The van der Waals surface area contributed by atoms with E-state index in [-0.39, 0.29) is 35.4 Å². The number of anilines is 1. The predicted octanol–water partition coefficient (Wildman–Crippen LogP) is 2.31. The highest BCUT2D eigenvalue weighted by atomic mass is 32.2. The number of amides is 2. The van der Waals surface area contributed by atoms with Crippen molar-refractivity contribution >= 4 is 27.5 Å². The van der Waals surface area contributed by atoms with Crippen molar-refractivity contribution in [2.75, 3.05) is 32.1 Å². The SMILES string of the molecule is CCN(CC)S(=O)(=O)c1ccc(OC)c(NC(=O)C2CC(=O)N(Cc3ccco3)C2)c1. The molecule has 2 aromatic rings. The molecule has 3 rings (SSSR count). The van der Waals surface area contributed by atoms with E-state index < -0.39 is 15.9 Å². The van der Waals surface area contributed by atoms with Crippen LogP contribution in [0.1, 0.15) is 26.0 Å². The summed E-state index contributed by atoms with van der Waals surface area (Å²) < 4.78 is 37.6. The van der Waals surface area contributed by atoms with E-state index in [1.54, 1.807) is 30.9 Å². The third-order valence-electron chi connectivity index (χ3n) is 5.28. The molecule has 0 aliphatic carbocycles. The molecule has 1 fully saturated rings. The van der Waals surface area contributed by atoms with Crippen LogP contribution in [-0.4, -0.2) is 56.2 Å². The maximum atomic E-state index is 12.9. The number of hydrogen-bond acceptors (Lipinski definition) is 6. The average molecular weight is 450 g/mol. The van der Waals surface area contributed by atoms with E-state index in [2.05, 4.69) is 5.32 Å². The van der Waals surface area contributed by atoms with Crippen molar-refractivity contribution in [3.8, 4) is 5.75 Å². The number of methoxy groups -OCH3 is 1. The number of nitrogens with one attached hydrogen (secondary N) is 1. The minimum Gasteiger partial charge on any atom is -0.495 e. The monoisotopic (exact) mass is 449 g/mol. The van der Waals surface area contributed by atoms with E-state index >= 15 is 0 Å². The van der Waals surface area contributed by atoms with Gasteiger partial charge < -0.3 is 19.4 Å². The Morgan fingerprint density at radius 3 is 2.65 bits per heavy atom. The van der Waals surface area contributed by atoms with Crippen molar-refractivity contribution in [1.82, 2.24) is 9.21 Å². The fraction of sp³-hybridized carbons (Fsp3) is 0.429. The first kappa shape index (κ1) is 22.8. The molecule has 0 spiro atoms. The van der Waals surface area contributed by atoms with Gasteiger partial charge in [0, 0.05) is 26.1 Å². The van der Waals surface area contributed by atoms with Crippen LogP contribution in [0, 0.1) is 5.92 Å². The maximum absolute atomic E-state index is 12.9. The molecule has 1 aliphatic rings. The van der Waals surface area contributed by atoms with Crippen LogP contribution in [0.3, 0.4) is 0 Å². The van der Waals surface area contributed by atoms with Gasteiger partial charge in [-0.3, -0.25) is 9.59 Å². The molecule has 1 unspecified atom stereocenters. The van der Waals surface area contributed by atoms with Crippen LogP contribution in [0.5, 0.6) is 5.75 Å². The minimum atomic E-state index is -3.70. The summed E-state index contributed by atoms with van der Waals surface area (Å²) in [4.78, 5) is 26.8. The Labute approximate surface area is 182 Å². The van der Waals surface area contributed by atoms with Crippen LogP contribution in [-0.2, 0) is 26.2 Å². The van der Waals surface area contributed by atoms with E-state index in [1.807, 2.05) is 0 Å². The number of furan rings is 1. The Bertz CT molecular complexity index is 1030. The van der Waals surface area contributed by atoms with Crippen LogP contribution >= 0.6 is 0 Å². The number of rotatable bonds is 9. The molecule has 168 valence electrons. The summed E-state index contributed by atoms with van der Waals surface area (Å²) in [7, 11) is -2.26. The largest absolute Gasteiger partial charge is 0.495 e. The van der Waals surface area contributed by atoms with Gasteiger partial charge in [-0.1, -0.05) is 13.8 Å². The van der Waals surface area contributed by atoms with Crippen LogP contribution in [0.25, 0.3) is 0 Å². The van der Waals surface area contributed by atoms with Crippen LogP contribution in [0.15, 0.2) is 45.9 Å². The number of carbonyl (C=O) groups excluding carboxylic acids is 2. The molecular formula is C21H27N3O6S. The molecular weight excluding hydrogens is 422 g/mol. The van der Waals surface area contributed by atoms with Crippen molar-refractivity contribution in [2.45, 2.75) is 31.7 Å². The lowest BCUT2D eigenvalue weighted by molar-refractivity contribution is -0.128. The summed E-state index contributed by atoms with van der Waals surface area (Å²) in [5, 5.41) is 2.74. The van der Waals surface area contributed by atoms with E-state index in [0.717, 1.165) is 0 Å². The van der Waals surface area contributed by atoms with E-state index in [4.69, 9.17) is 9.15 Å². The molecule has 1 aromatic heterocycles. The van der Waals surface area contributed by atoms with Gasteiger partial charge >= 0.3 is 0 Å². The zero-order valence-electron chi connectivity index (χ0n) is 17.8. The molecule has 0 saturated carbocycles. The van der Waals surface area contributed by atoms with Crippen molar-refractivity contribution in [3.63, 3.8) is 0 Å². The Morgan fingerprint density at radius 1 is 1.29 bits per heavy atom. The van der Waals surface area contributed by atoms with Gasteiger partial charge in [0.15, 0.2) is 0 Å². The predicted molar refractivity (Wildman–Crippen MR) is 114 cm³/mol. The molecule has 1 atom stereocenters. The van der Waals surface area contributed by atoms with Gasteiger partial charge in [-0.15, -0.1) is 0 Å². The molecule has 9 nitrogen and oxygen atoms in total. The maximum Gasteiger partial charge on any atom is 0.243 e. The zero-order chi connectivity index (χ0) is 22.6. The molecule has 1 saturated heterocycles. The van der Waals surface area contributed by atoms with Crippen LogP contribution < -0.4 is 10.1 Å². The first-order valence-electron chi connectivity index (χ1n) is 10.1. The van der Waals surface area contributed by atoms with Gasteiger partial charge in [0.1, 0.15) is 11.5 Å². The van der Waals surface area contributed by atoms with E-state index in [0.29, 0.717) is 31.1 Å². The van der Waals surface area contributed by atoms with Crippen molar-refractivity contribution in [1.29, 1.82) is 0 Å². The van der Waals surface area contributed by atoms with Crippen molar-refractivity contribution in [2.24, 2.45) is 5.92 Å². The molecule has 0 bridgehead atoms. The number of carbonyl (C=O) groups is 2. The lowest BCUT2D eigenvalue weighted by Gasteiger charge is -2.20. The quantitative estimate of drug-likeness (QED) is 0.629. The lowest BCUT2D eigenvalue weighted by Crippen LogP contribution is -2.31. The minimum absolute atomic E-state index is 0.0641. The van der Waals surface area contributed by atoms with Crippen molar-refractivity contribution in [3.05, 3.63) is 42.4 Å².